The zero-order valence-electron chi connectivity index (χ0n) is 17.1. The van der Waals surface area contributed by atoms with E-state index in [0.717, 1.165) is 12.0 Å². The van der Waals surface area contributed by atoms with E-state index in [9.17, 15) is 9.90 Å². The van der Waals surface area contributed by atoms with Crippen molar-refractivity contribution in [3.8, 4) is 0 Å². The minimum Gasteiger partial charge on any atom is -0.445 e. The molecule has 5 nitrogen and oxygen atoms in total. The minimum atomic E-state index is -0.608. The number of ether oxygens (including phenoxy) is 1. The Kier molecular flexibility index (Phi) is 9.08. The van der Waals surface area contributed by atoms with Gasteiger partial charge in [0.25, 0.3) is 0 Å². The number of nitrogens with one attached hydrogen (secondary N) is 1. The first-order chi connectivity index (χ1) is 13.0. The van der Waals surface area contributed by atoms with Crippen molar-refractivity contribution in [1.29, 1.82) is 0 Å². The first-order valence-electron chi connectivity index (χ1n) is 10.3. The van der Waals surface area contributed by atoms with E-state index >= 15 is 0 Å². The first kappa shape index (κ1) is 21.7. The Bertz CT molecular complexity index is 544. The highest BCUT2D eigenvalue weighted by Gasteiger charge is 2.27. The highest BCUT2D eigenvalue weighted by Crippen LogP contribution is 2.22. The maximum absolute atomic E-state index is 12.2. The molecule has 0 aliphatic heterocycles. The molecule has 5 heteroatoms. The third-order valence-corrected chi connectivity index (χ3v) is 5.38. The average Bonchev–Trinajstić information content (AvgIpc) is 2.67. The van der Waals surface area contributed by atoms with Crippen molar-refractivity contribution in [1.82, 2.24) is 10.2 Å². The maximum atomic E-state index is 12.2. The third-order valence-electron chi connectivity index (χ3n) is 5.38. The van der Waals surface area contributed by atoms with Crippen LogP contribution in [0.4, 0.5) is 4.79 Å². The summed E-state index contributed by atoms with van der Waals surface area (Å²) in [5.74, 6) is 0.374. The molecule has 1 fully saturated rings. The van der Waals surface area contributed by atoms with Crippen LogP contribution in [0.15, 0.2) is 30.3 Å². The topological polar surface area (TPSA) is 61.8 Å². The molecule has 0 spiro atoms. The van der Waals surface area contributed by atoms with Crippen molar-refractivity contribution in [2.45, 2.75) is 77.2 Å². The lowest BCUT2D eigenvalue weighted by Gasteiger charge is -2.35. The number of benzene rings is 1. The Morgan fingerprint density at radius 2 is 1.89 bits per heavy atom. The van der Waals surface area contributed by atoms with Crippen molar-refractivity contribution >= 4 is 6.09 Å². The standard InChI is InChI=1S/C22H36N2O3/c1-17(2)14-20(21(25)15-24(3)19-12-8-5-9-13-19)23-22(26)27-16-18-10-6-4-7-11-18/h4,6-7,10-11,17,19-21,25H,5,8-9,12-16H2,1-3H3,(H,23,26). The zero-order chi connectivity index (χ0) is 19.6. The van der Waals surface area contributed by atoms with Crippen LogP contribution in [0.25, 0.3) is 0 Å². The van der Waals surface area contributed by atoms with Crippen LogP contribution in [0.2, 0.25) is 0 Å². The predicted molar refractivity (Wildman–Crippen MR) is 109 cm³/mol. The van der Waals surface area contributed by atoms with Crippen LogP contribution in [-0.4, -0.2) is 47.9 Å². The molecule has 0 radical (unpaired) electrons. The van der Waals surface area contributed by atoms with E-state index < -0.39 is 12.2 Å². The molecule has 1 aliphatic rings. The van der Waals surface area contributed by atoms with Gasteiger partial charge in [-0.05, 0) is 37.8 Å². The second-order valence-corrected chi connectivity index (χ2v) is 8.24. The fraction of sp³-hybridized carbons (Fsp3) is 0.682. The number of amides is 1. The van der Waals surface area contributed by atoms with Crippen LogP contribution in [0.1, 0.15) is 57.9 Å². The van der Waals surface area contributed by atoms with Gasteiger partial charge in [0.15, 0.2) is 0 Å². The number of aliphatic hydroxyl groups excluding tert-OH is 1. The number of nitrogens with zero attached hydrogens (tertiary/aromatic N) is 1. The van der Waals surface area contributed by atoms with Crippen molar-refractivity contribution in [3.05, 3.63) is 35.9 Å². The number of hydrogen-bond acceptors (Lipinski definition) is 4. The van der Waals surface area contributed by atoms with Crippen molar-refractivity contribution < 1.29 is 14.6 Å². The maximum Gasteiger partial charge on any atom is 0.407 e. The van der Waals surface area contributed by atoms with Gasteiger partial charge in [0.1, 0.15) is 6.61 Å². The summed E-state index contributed by atoms with van der Waals surface area (Å²) in [5, 5.41) is 13.7. The van der Waals surface area contributed by atoms with Crippen LogP contribution >= 0.6 is 0 Å². The fourth-order valence-corrected chi connectivity index (χ4v) is 3.83. The number of hydrogen-bond donors (Lipinski definition) is 2. The summed E-state index contributed by atoms with van der Waals surface area (Å²) in [6.45, 7) is 5.00. The van der Waals surface area contributed by atoms with Crippen molar-refractivity contribution in [3.63, 3.8) is 0 Å². The van der Waals surface area contributed by atoms with Gasteiger partial charge < -0.3 is 20.1 Å². The van der Waals surface area contributed by atoms with E-state index in [1.54, 1.807) is 0 Å². The largest absolute Gasteiger partial charge is 0.445 e. The lowest BCUT2D eigenvalue weighted by molar-refractivity contribution is 0.0538. The normalized spacial score (nSPS) is 17.7. The molecule has 1 aromatic rings. The van der Waals surface area contributed by atoms with Crippen molar-refractivity contribution in [2.24, 2.45) is 5.92 Å². The van der Waals surface area contributed by atoms with Gasteiger partial charge in [0.05, 0.1) is 12.1 Å². The number of alkyl carbamates (subject to hydrolysis) is 1. The van der Waals surface area contributed by atoms with Gasteiger partial charge in [0, 0.05) is 12.6 Å². The Morgan fingerprint density at radius 1 is 1.22 bits per heavy atom. The van der Waals surface area contributed by atoms with Gasteiger partial charge in [-0.25, -0.2) is 4.79 Å². The smallest absolute Gasteiger partial charge is 0.407 e. The van der Waals surface area contributed by atoms with Gasteiger partial charge in [0.2, 0.25) is 0 Å². The van der Waals surface area contributed by atoms with E-state index in [1.165, 1.54) is 32.1 Å². The SMILES string of the molecule is CC(C)CC(NC(=O)OCc1ccccc1)C(O)CN(C)C1CCCCC1. The average molecular weight is 377 g/mol. The summed E-state index contributed by atoms with van der Waals surface area (Å²) < 4.78 is 5.34. The second kappa shape index (κ2) is 11.3. The number of carbonyl (C=O) groups is 1. The molecule has 2 rings (SSSR count). The molecule has 1 amide bonds. The lowest BCUT2D eigenvalue weighted by atomic mass is 9.93. The highest BCUT2D eigenvalue weighted by atomic mass is 16.5. The molecule has 27 heavy (non-hydrogen) atoms. The summed E-state index contributed by atoms with van der Waals surface area (Å²) in [4.78, 5) is 14.5. The molecule has 2 atom stereocenters. The molecule has 1 aromatic carbocycles. The highest BCUT2D eigenvalue weighted by molar-refractivity contribution is 5.67. The fourth-order valence-electron chi connectivity index (χ4n) is 3.83. The van der Waals surface area contributed by atoms with Crippen LogP contribution in [0.3, 0.4) is 0 Å². The molecular formula is C22H36N2O3. The number of carbonyl (C=O) groups excluding carboxylic acids is 1. The van der Waals surface area contributed by atoms with Gasteiger partial charge in [-0.2, -0.15) is 0 Å². The lowest BCUT2D eigenvalue weighted by Crippen LogP contribution is -2.50. The number of rotatable bonds is 9. The molecule has 152 valence electrons. The molecule has 1 saturated carbocycles. The molecule has 0 bridgehead atoms. The molecule has 2 unspecified atom stereocenters. The summed E-state index contributed by atoms with van der Waals surface area (Å²) in [6, 6.07) is 9.85. The van der Waals surface area contributed by atoms with Gasteiger partial charge >= 0.3 is 6.09 Å². The Hall–Kier alpha value is -1.59. The van der Waals surface area contributed by atoms with Crippen molar-refractivity contribution in [2.75, 3.05) is 13.6 Å². The molecule has 2 N–H and O–H groups in total. The van der Waals surface area contributed by atoms with E-state index in [4.69, 9.17) is 4.74 Å². The third kappa shape index (κ3) is 7.89. The van der Waals surface area contributed by atoms with Gasteiger partial charge in [-0.15, -0.1) is 0 Å². The molecule has 0 aromatic heterocycles. The van der Waals surface area contributed by atoms with Gasteiger partial charge in [-0.3, -0.25) is 0 Å². The molecule has 1 aliphatic carbocycles. The monoisotopic (exact) mass is 376 g/mol. The molecule has 0 heterocycles. The summed E-state index contributed by atoms with van der Waals surface area (Å²) >= 11 is 0. The Labute approximate surface area is 164 Å². The minimum absolute atomic E-state index is 0.235. The van der Waals surface area contributed by atoms with Crippen LogP contribution in [0.5, 0.6) is 0 Å². The molecular weight excluding hydrogens is 340 g/mol. The van der Waals surface area contributed by atoms with Gasteiger partial charge in [-0.1, -0.05) is 63.4 Å². The van der Waals surface area contributed by atoms with Crippen LogP contribution in [-0.2, 0) is 11.3 Å². The Morgan fingerprint density at radius 3 is 2.52 bits per heavy atom. The number of aliphatic hydroxyl groups is 1. The quantitative estimate of drug-likeness (QED) is 0.685. The predicted octanol–water partition coefficient (Wildman–Crippen LogP) is 3.95. The van der Waals surface area contributed by atoms with E-state index in [1.807, 2.05) is 30.3 Å². The van der Waals surface area contributed by atoms with E-state index in [-0.39, 0.29) is 12.6 Å². The summed E-state index contributed by atoms with van der Waals surface area (Å²) in [5.41, 5.74) is 0.950. The molecule has 0 saturated heterocycles. The first-order valence-corrected chi connectivity index (χ1v) is 10.3. The van der Waals surface area contributed by atoms with E-state index in [0.29, 0.717) is 18.5 Å². The zero-order valence-corrected chi connectivity index (χ0v) is 17.1. The Balaban J connectivity index is 1.85. The number of likely N-dealkylation sites (N-methyl/N-ethyl adjacent to an activating group) is 1. The van der Waals surface area contributed by atoms with Crippen LogP contribution < -0.4 is 5.32 Å². The van der Waals surface area contributed by atoms with Crippen LogP contribution in [0, 0.1) is 5.92 Å². The van der Waals surface area contributed by atoms with E-state index in [2.05, 4.69) is 31.1 Å². The summed E-state index contributed by atoms with van der Waals surface area (Å²) in [7, 11) is 2.08. The second-order valence-electron chi connectivity index (χ2n) is 8.24. The summed E-state index contributed by atoms with van der Waals surface area (Å²) in [6.07, 6.45) is 5.90.